The minimum atomic E-state index is -0.492. The van der Waals surface area contributed by atoms with Gasteiger partial charge in [0.2, 0.25) is 5.91 Å². The van der Waals surface area contributed by atoms with Gasteiger partial charge in [-0.15, -0.1) is 0 Å². The van der Waals surface area contributed by atoms with Crippen LogP contribution in [-0.4, -0.2) is 35.3 Å². The predicted molar refractivity (Wildman–Crippen MR) is 106 cm³/mol. The van der Waals surface area contributed by atoms with Gasteiger partial charge in [0.15, 0.2) is 6.61 Å². The zero-order valence-electron chi connectivity index (χ0n) is 16.5. The van der Waals surface area contributed by atoms with Crippen LogP contribution in [0, 0.1) is 5.92 Å². The number of amides is 2. The third-order valence-corrected chi connectivity index (χ3v) is 5.65. The van der Waals surface area contributed by atoms with Gasteiger partial charge in [-0.25, -0.2) is 0 Å². The molecule has 6 heteroatoms. The Labute approximate surface area is 165 Å². The lowest BCUT2D eigenvalue weighted by Crippen LogP contribution is -2.43. The maximum Gasteiger partial charge on any atom is 0.308 e. The van der Waals surface area contributed by atoms with Crippen LogP contribution in [0.1, 0.15) is 63.1 Å². The van der Waals surface area contributed by atoms with E-state index in [9.17, 15) is 14.4 Å². The van der Waals surface area contributed by atoms with Gasteiger partial charge in [-0.3, -0.25) is 14.4 Å². The monoisotopic (exact) mass is 384 g/mol. The highest BCUT2D eigenvalue weighted by atomic mass is 16.5. The first-order valence-corrected chi connectivity index (χ1v) is 9.96. The second-order valence-electron chi connectivity index (χ2n) is 7.69. The lowest BCUT2D eigenvalue weighted by atomic mass is 9.86. The van der Waals surface area contributed by atoms with Crippen LogP contribution in [0.15, 0.2) is 30.5 Å². The van der Waals surface area contributed by atoms with E-state index in [0.29, 0.717) is 5.92 Å². The minimum Gasteiger partial charge on any atom is -0.456 e. The topological polar surface area (TPSA) is 75.7 Å². The second-order valence-corrected chi connectivity index (χ2v) is 7.69. The summed E-state index contributed by atoms with van der Waals surface area (Å²) in [6, 6.07) is 7.38. The molecular formula is C22H28N2O4. The van der Waals surface area contributed by atoms with Gasteiger partial charge in [0.05, 0.1) is 12.5 Å². The lowest BCUT2D eigenvalue weighted by molar-refractivity contribution is -0.150. The molecule has 1 saturated carbocycles. The molecule has 150 valence electrons. The molecule has 0 bridgehead atoms. The zero-order valence-corrected chi connectivity index (χ0v) is 16.5. The van der Waals surface area contributed by atoms with Gasteiger partial charge in [-0.2, -0.15) is 0 Å². The number of fused-ring (bicyclic) bond motifs is 1. The van der Waals surface area contributed by atoms with Gasteiger partial charge in [0, 0.05) is 19.2 Å². The van der Waals surface area contributed by atoms with Gasteiger partial charge in [-0.05, 0) is 36.0 Å². The maximum atomic E-state index is 12.4. The summed E-state index contributed by atoms with van der Waals surface area (Å²) >= 11 is 0. The van der Waals surface area contributed by atoms with Crippen molar-refractivity contribution in [2.75, 3.05) is 6.61 Å². The quantitative estimate of drug-likeness (QED) is 0.791. The van der Waals surface area contributed by atoms with Crippen LogP contribution < -0.4 is 5.32 Å². The standard InChI is InChI=1S/C22H28N2O4/c1-15-7-3-6-10-19(15)23-21(26)14-28-22(27)13-20-18-9-5-4-8-17(18)11-12-24(20)16(2)25/h4-5,8-9,11-12,15,19-20H,3,6-7,10,13-14H2,1-2H3,(H,23,26)/t15-,19+,20+/m1/s1. The van der Waals surface area contributed by atoms with Gasteiger partial charge in [0.25, 0.3) is 5.91 Å². The molecule has 0 aromatic heterocycles. The number of ether oxygens (including phenoxy) is 1. The van der Waals surface area contributed by atoms with Crippen LogP contribution in [0.2, 0.25) is 0 Å². The fourth-order valence-corrected chi connectivity index (χ4v) is 4.06. The summed E-state index contributed by atoms with van der Waals surface area (Å²) in [6.45, 7) is 3.32. The number of nitrogens with one attached hydrogen (secondary N) is 1. The highest BCUT2D eigenvalue weighted by Crippen LogP contribution is 2.33. The van der Waals surface area contributed by atoms with E-state index in [-0.39, 0.29) is 30.9 Å². The Hall–Kier alpha value is -2.63. The van der Waals surface area contributed by atoms with Gasteiger partial charge >= 0.3 is 5.97 Å². The first kappa shape index (κ1) is 20.1. The summed E-state index contributed by atoms with van der Waals surface area (Å²) in [5.74, 6) is -0.455. The van der Waals surface area contributed by atoms with Crippen molar-refractivity contribution in [3.63, 3.8) is 0 Å². The average Bonchev–Trinajstić information content (AvgIpc) is 2.68. The maximum absolute atomic E-state index is 12.4. The van der Waals surface area contributed by atoms with E-state index in [0.717, 1.165) is 30.4 Å². The molecule has 6 nitrogen and oxygen atoms in total. The Kier molecular flexibility index (Phi) is 6.49. The molecule has 1 N–H and O–H groups in total. The Bertz CT molecular complexity index is 774. The van der Waals surface area contributed by atoms with Crippen molar-refractivity contribution in [2.45, 2.75) is 58.0 Å². The number of hydrogen-bond acceptors (Lipinski definition) is 4. The normalized spacial score (nSPS) is 23.6. The number of rotatable bonds is 5. The van der Waals surface area contributed by atoms with E-state index in [1.54, 1.807) is 6.20 Å². The molecule has 0 radical (unpaired) electrons. The fraction of sp³-hybridized carbons (Fsp3) is 0.500. The molecule has 1 aromatic carbocycles. The highest BCUT2D eigenvalue weighted by Gasteiger charge is 2.29. The Morgan fingerprint density at radius 2 is 1.93 bits per heavy atom. The SMILES string of the molecule is CC(=O)N1C=Cc2ccccc2[C@@H]1CC(=O)OCC(=O)N[C@H]1CCCC[C@H]1C. The van der Waals surface area contributed by atoms with E-state index >= 15 is 0 Å². The zero-order chi connectivity index (χ0) is 20.1. The largest absolute Gasteiger partial charge is 0.456 e. The molecule has 3 atom stereocenters. The molecular weight excluding hydrogens is 356 g/mol. The van der Waals surface area contributed by atoms with E-state index in [1.165, 1.54) is 18.2 Å². The van der Waals surface area contributed by atoms with Crippen LogP contribution >= 0.6 is 0 Å². The highest BCUT2D eigenvalue weighted by molar-refractivity contribution is 5.82. The number of carbonyl (C=O) groups is 3. The molecule has 2 aliphatic rings. The van der Waals surface area contributed by atoms with Crippen molar-refractivity contribution in [3.05, 3.63) is 41.6 Å². The van der Waals surface area contributed by atoms with Crippen molar-refractivity contribution < 1.29 is 19.1 Å². The molecule has 0 unspecified atom stereocenters. The molecule has 3 rings (SSSR count). The molecule has 28 heavy (non-hydrogen) atoms. The Balaban J connectivity index is 1.56. The van der Waals surface area contributed by atoms with Crippen molar-refractivity contribution in [1.29, 1.82) is 0 Å². The molecule has 1 aliphatic carbocycles. The Morgan fingerprint density at radius 1 is 1.18 bits per heavy atom. The van der Waals surface area contributed by atoms with Gasteiger partial charge in [-0.1, -0.05) is 44.0 Å². The van der Waals surface area contributed by atoms with Crippen molar-refractivity contribution >= 4 is 23.9 Å². The van der Waals surface area contributed by atoms with E-state index in [4.69, 9.17) is 4.74 Å². The summed E-state index contributed by atoms with van der Waals surface area (Å²) < 4.78 is 5.21. The second kappa shape index (κ2) is 9.04. The lowest BCUT2D eigenvalue weighted by Gasteiger charge is -2.32. The Morgan fingerprint density at radius 3 is 2.68 bits per heavy atom. The number of carbonyl (C=O) groups excluding carboxylic acids is 3. The third-order valence-electron chi connectivity index (χ3n) is 5.65. The number of esters is 1. The minimum absolute atomic E-state index is 0.00798. The molecule has 1 fully saturated rings. The first-order valence-electron chi connectivity index (χ1n) is 9.96. The summed E-state index contributed by atoms with van der Waals surface area (Å²) in [5.41, 5.74) is 1.87. The third kappa shape index (κ3) is 4.80. The smallest absolute Gasteiger partial charge is 0.308 e. The van der Waals surface area contributed by atoms with Crippen LogP contribution in [-0.2, 0) is 19.1 Å². The molecule has 1 aromatic rings. The number of hydrogen-bond donors (Lipinski definition) is 1. The van der Waals surface area contributed by atoms with Gasteiger partial charge in [0.1, 0.15) is 0 Å². The fourth-order valence-electron chi connectivity index (χ4n) is 4.06. The van der Waals surface area contributed by atoms with Gasteiger partial charge < -0.3 is 15.0 Å². The molecule has 0 saturated heterocycles. The predicted octanol–water partition coefficient (Wildman–Crippen LogP) is 3.19. The van der Waals surface area contributed by atoms with Crippen LogP contribution in [0.3, 0.4) is 0 Å². The molecule has 2 amide bonds. The van der Waals surface area contributed by atoms with Crippen LogP contribution in [0.4, 0.5) is 0 Å². The summed E-state index contributed by atoms with van der Waals surface area (Å²) in [4.78, 5) is 38.1. The average molecular weight is 384 g/mol. The first-order chi connectivity index (χ1) is 13.5. The summed E-state index contributed by atoms with van der Waals surface area (Å²) in [5, 5.41) is 2.98. The summed E-state index contributed by atoms with van der Waals surface area (Å²) in [6.07, 6.45) is 7.96. The van der Waals surface area contributed by atoms with Crippen LogP contribution in [0.5, 0.6) is 0 Å². The van der Waals surface area contributed by atoms with Crippen molar-refractivity contribution in [1.82, 2.24) is 10.2 Å². The van der Waals surface area contributed by atoms with E-state index in [2.05, 4.69) is 12.2 Å². The molecule has 1 heterocycles. The van der Waals surface area contributed by atoms with Crippen molar-refractivity contribution in [2.24, 2.45) is 5.92 Å². The van der Waals surface area contributed by atoms with E-state index < -0.39 is 12.0 Å². The number of benzene rings is 1. The van der Waals surface area contributed by atoms with E-state index in [1.807, 2.05) is 30.3 Å². The molecule has 0 spiro atoms. The molecule has 1 aliphatic heterocycles. The summed E-state index contributed by atoms with van der Waals surface area (Å²) in [7, 11) is 0. The van der Waals surface area contributed by atoms with Crippen molar-refractivity contribution in [3.8, 4) is 0 Å². The number of nitrogens with zero attached hydrogens (tertiary/aromatic N) is 1. The van der Waals surface area contributed by atoms with Crippen LogP contribution in [0.25, 0.3) is 6.08 Å².